The number of amides is 2. The van der Waals surface area contributed by atoms with Crippen LogP contribution in [0.1, 0.15) is 20.3 Å². The number of nitrogens with zero attached hydrogens (tertiary/aromatic N) is 2. The number of fused-ring (bicyclic) bond motifs is 1. The maximum Gasteiger partial charge on any atom is 0.250 e. The Morgan fingerprint density at radius 1 is 1.26 bits per heavy atom. The molecule has 0 radical (unpaired) electrons. The summed E-state index contributed by atoms with van der Waals surface area (Å²) in [7, 11) is 3.49. The lowest BCUT2D eigenvalue weighted by Crippen LogP contribution is -2.25. The number of rotatable bonds is 5. The number of anilines is 1. The standard InChI is InChI=1S/C18H23N3O2/c1-5-6-13(2)18(23)19-15-7-8-16-14(11-15)9-10-21(16)12-17(22)20(3)4/h6-11H,5,12H2,1-4H3,(H,19,23). The number of hydrogen-bond donors (Lipinski definition) is 1. The molecule has 0 saturated heterocycles. The maximum atomic E-state index is 12.0. The van der Waals surface area contributed by atoms with Crippen LogP contribution in [0.15, 0.2) is 42.1 Å². The minimum Gasteiger partial charge on any atom is -0.347 e. The Balaban J connectivity index is 2.19. The van der Waals surface area contributed by atoms with Gasteiger partial charge in [0.25, 0.3) is 5.91 Å². The molecular formula is C18H23N3O2. The first kappa shape index (κ1) is 16.8. The van der Waals surface area contributed by atoms with Gasteiger partial charge in [-0.1, -0.05) is 13.0 Å². The molecule has 0 unspecified atom stereocenters. The smallest absolute Gasteiger partial charge is 0.250 e. The van der Waals surface area contributed by atoms with Gasteiger partial charge in [0.2, 0.25) is 5.91 Å². The van der Waals surface area contributed by atoms with E-state index >= 15 is 0 Å². The van der Waals surface area contributed by atoms with Crippen molar-refractivity contribution >= 4 is 28.4 Å². The van der Waals surface area contributed by atoms with E-state index in [1.54, 1.807) is 25.9 Å². The first-order valence-electron chi connectivity index (χ1n) is 7.69. The minimum atomic E-state index is -0.0894. The second kappa shape index (κ2) is 7.13. The van der Waals surface area contributed by atoms with Gasteiger partial charge in [-0.15, -0.1) is 0 Å². The molecule has 0 aliphatic heterocycles. The van der Waals surface area contributed by atoms with Crippen molar-refractivity contribution in [2.45, 2.75) is 26.8 Å². The summed E-state index contributed by atoms with van der Waals surface area (Å²) in [5.74, 6) is -0.0476. The molecule has 5 nitrogen and oxygen atoms in total. The Morgan fingerprint density at radius 3 is 2.65 bits per heavy atom. The lowest BCUT2D eigenvalue weighted by Gasteiger charge is -2.12. The molecule has 2 aromatic rings. The quantitative estimate of drug-likeness (QED) is 0.863. The predicted molar refractivity (Wildman–Crippen MR) is 93.3 cm³/mol. The molecule has 0 aliphatic rings. The van der Waals surface area contributed by atoms with E-state index in [9.17, 15) is 9.59 Å². The summed E-state index contributed by atoms with van der Waals surface area (Å²) in [5.41, 5.74) is 2.43. The van der Waals surface area contributed by atoms with Crippen molar-refractivity contribution in [2.24, 2.45) is 0 Å². The van der Waals surface area contributed by atoms with Crippen LogP contribution in [0.5, 0.6) is 0 Å². The predicted octanol–water partition coefficient (Wildman–Crippen LogP) is 3.02. The molecule has 23 heavy (non-hydrogen) atoms. The first-order chi connectivity index (χ1) is 10.9. The average molecular weight is 313 g/mol. The Morgan fingerprint density at radius 2 is 2.00 bits per heavy atom. The van der Waals surface area contributed by atoms with E-state index in [1.165, 1.54) is 0 Å². The zero-order chi connectivity index (χ0) is 17.0. The van der Waals surface area contributed by atoms with Gasteiger partial charge in [0.15, 0.2) is 0 Å². The molecule has 1 aromatic heterocycles. The lowest BCUT2D eigenvalue weighted by molar-refractivity contribution is -0.129. The summed E-state index contributed by atoms with van der Waals surface area (Å²) in [6.07, 6.45) is 4.62. The highest BCUT2D eigenvalue weighted by atomic mass is 16.2. The lowest BCUT2D eigenvalue weighted by atomic mass is 10.2. The molecule has 5 heteroatoms. The molecule has 2 amide bonds. The SMILES string of the molecule is CCC=C(C)C(=O)Nc1ccc2c(ccn2CC(=O)N(C)C)c1. The van der Waals surface area contributed by atoms with Gasteiger partial charge in [0, 0.05) is 42.5 Å². The van der Waals surface area contributed by atoms with E-state index in [0.717, 1.165) is 23.0 Å². The van der Waals surface area contributed by atoms with Crippen LogP contribution in [0.25, 0.3) is 10.9 Å². The summed E-state index contributed by atoms with van der Waals surface area (Å²) in [6.45, 7) is 4.11. The number of allylic oxidation sites excluding steroid dienone is 1. The summed E-state index contributed by atoms with van der Waals surface area (Å²) in [6, 6.07) is 7.65. The summed E-state index contributed by atoms with van der Waals surface area (Å²) in [4.78, 5) is 25.4. The molecule has 0 spiro atoms. The monoisotopic (exact) mass is 313 g/mol. The Hall–Kier alpha value is -2.56. The van der Waals surface area contributed by atoms with E-state index < -0.39 is 0 Å². The number of aromatic nitrogens is 1. The fourth-order valence-electron chi connectivity index (χ4n) is 2.33. The van der Waals surface area contributed by atoms with Gasteiger partial charge >= 0.3 is 0 Å². The molecule has 1 heterocycles. The third-order valence-electron chi connectivity index (χ3n) is 3.70. The summed E-state index contributed by atoms with van der Waals surface area (Å²) < 4.78 is 1.91. The van der Waals surface area contributed by atoms with Crippen molar-refractivity contribution in [2.75, 3.05) is 19.4 Å². The van der Waals surface area contributed by atoms with Crippen LogP contribution in [0.2, 0.25) is 0 Å². The van der Waals surface area contributed by atoms with Crippen molar-refractivity contribution in [1.29, 1.82) is 0 Å². The molecule has 1 aromatic carbocycles. The van der Waals surface area contributed by atoms with Gasteiger partial charge < -0.3 is 14.8 Å². The van der Waals surface area contributed by atoms with Crippen LogP contribution >= 0.6 is 0 Å². The van der Waals surface area contributed by atoms with Crippen LogP contribution in [0.4, 0.5) is 5.69 Å². The Kier molecular flexibility index (Phi) is 5.21. The largest absolute Gasteiger partial charge is 0.347 e. The minimum absolute atomic E-state index is 0.0419. The van der Waals surface area contributed by atoms with Gasteiger partial charge in [-0.3, -0.25) is 9.59 Å². The number of nitrogens with one attached hydrogen (secondary N) is 1. The highest BCUT2D eigenvalue weighted by Gasteiger charge is 2.09. The molecule has 122 valence electrons. The van der Waals surface area contributed by atoms with Gasteiger partial charge in [0.1, 0.15) is 6.54 Å². The molecule has 0 aliphatic carbocycles. The maximum absolute atomic E-state index is 12.0. The number of carbonyl (C=O) groups is 2. The van der Waals surface area contributed by atoms with Gasteiger partial charge in [-0.2, -0.15) is 0 Å². The Bertz CT molecular complexity index is 757. The number of benzene rings is 1. The molecule has 0 atom stereocenters. The topological polar surface area (TPSA) is 54.3 Å². The fraction of sp³-hybridized carbons (Fsp3) is 0.333. The number of likely N-dealkylation sites (N-methyl/N-ethyl adjacent to an activating group) is 1. The van der Waals surface area contributed by atoms with Crippen LogP contribution in [0, 0.1) is 0 Å². The van der Waals surface area contributed by atoms with E-state index in [1.807, 2.05) is 48.0 Å². The van der Waals surface area contributed by atoms with E-state index in [4.69, 9.17) is 0 Å². The van der Waals surface area contributed by atoms with Crippen LogP contribution < -0.4 is 5.32 Å². The molecular weight excluding hydrogens is 290 g/mol. The summed E-state index contributed by atoms with van der Waals surface area (Å²) >= 11 is 0. The zero-order valence-corrected chi connectivity index (χ0v) is 14.1. The second-order valence-electron chi connectivity index (χ2n) is 5.75. The molecule has 0 bridgehead atoms. The van der Waals surface area contributed by atoms with E-state index in [2.05, 4.69) is 5.32 Å². The first-order valence-corrected chi connectivity index (χ1v) is 7.69. The number of hydrogen-bond acceptors (Lipinski definition) is 2. The molecule has 0 fully saturated rings. The van der Waals surface area contributed by atoms with Gasteiger partial charge in [-0.25, -0.2) is 0 Å². The number of carbonyl (C=O) groups excluding carboxylic acids is 2. The fourth-order valence-corrected chi connectivity index (χ4v) is 2.33. The van der Waals surface area contributed by atoms with E-state index in [0.29, 0.717) is 12.1 Å². The highest BCUT2D eigenvalue weighted by Crippen LogP contribution is 2.21. The van der Waals surface area contributed by atoms with Crippen molar-refractivity contribution in [3.05, 3.63) is 42.1 Å². The average Bonchev–Trinajstić information content (AvgIpc) is 2.89. The van der Waals surface area contributed by atoms with Crippen molar-refractivity contribution in [3.8, 4) is 0 Å². The summed E-state index contributed by atoms with van der Waals surface area (Å²) in [5, 5.41) is 3.89. The third-order valence-corrected chi connectivity index (χ3v) is 3.70. The van der Waals surface area contributed by atoms with Crippen LogP contribution in [0.3, 0.4) is 0 Å². The van der Waals surface area contributed by atoms with Crippen molar-refractivity contribution in [3.63, 3.8) is 0 Å². The second-order valence-corrected chi connectivity index (χ2v) is 5.75. The Labute approximate surface area is 136 Å². The van der Waals surface area contributed by atoms with Gasteiger partial charge in [-0.05, 0) is 37.6 Å². The molecule has 2 rings (SSSR count). The van der Waals surface area contributed by atoms with Crippen molar-refractivity contribution < 1.29 is 9.59 Å². The highest BCUT2D eigenvalue weighted by molar-refractivity contribution is 6.04. The van der Waals surface area contributed by atoms with Gasteiger partial charge in [0.05, 0.1) is 0 Å². The van der Waals surface area contributed by atoms with E-state index in [-0.39, 0.29) is 11.8 Å². The van der Waals surface area contributed by atoms with Crippen molar-refractivity contribution in [1.82, 2.24) is 9.47 Å². The molecule has 0 saturated carbocycles. The normalized spacial score (nSPS) is 11.6. The molecule has 1 N–H and O–H groups in total. The van der Waals surface area contributed by atoms with Crippen LogP contribution in [-0.4, -0.2) is 35.4 Å². The zero-order valence-electron chi connectivity index (χ0n) is 14.1. The third kappa shape index (κ3) is 4.00. The van der Waals surface area contributed by atoms with Crippen LogP contribution in [-0.2, 0) is 16.1 Å².